The average Bonchev–Trinajstić information content (AvgIpc) is 2.49. The standard InChI is InChI=1S/C19H25NO/c1-16(2)21-19-12-10-18(11-13-19)15-20-14-6-9-17-7-4-3-5-8-17/h3-5,7-8,10-13,16,20H,6,9,14-15H2,1-2H3. The lowest BCUT2D eigenvalue weighted by Crippen LogP contribution is -2.15. The molecule has 1 N–H and O–H groups in total. The lowest BCUT2D eigenvalue weighted by Gasteiger charge is -2.10. The van der Waals surface area contributed by atoms with Crippen molar-refractivity contribution in [3.05, 3.63) is 65.7 Å². The molecule has 2 aromatic carbocycles. The summed E-state index contributed by atoms with van der Waals surface area (Å²) in [4.78, 5) is 0. The number of rotatable bonds is 8. The zero-order valence-electron chi connectivity index (χ0n) is 13.0. The summed E-state index contributed by atoms with van der Waals surface area (Å²) in [6, 6.07) is 19.0. The zero-order chi connectivity index (χ0) is 14.9. The summed E-state index contributed by atoms with van der Waals surface area (Å²) in [5, 5.41) is 3.49. The Labute approximate surface area is 128 Å². The van der Waals surface area contributed by atoms with Crippen LogP contribution in [0.1, 0.15) is 31.4 Å². The number of nitrogens with one attached hydrogen (secondary N) is 1. The minimum absolute atomic E-state index is 0.229. The Morgan fingerprint density at radius 1 is 0.905 bits per heavy atom. The van der Waals surface area contributed by atoms with Crippen LogP contribution in [0.15, 0.2) is 54.6 Å². The van der Waals surface area contributed by atoms with Gasteiger partial charge in [0.05, 0.1) is 6.10 Å². The van der Waals surface area contributed by atoms with E-state index in [4.69, 9.17) is 4.74 Å². The van der Waals surface area contributed by atoms with E-state index in [1.54, 1.807) is 0 Å². The summed E-state index contributed by atoms with van der Waals surface area (Å²) >= 11 is 0. The van der Waals surface area contributed by atoms with Crippen LogP contribution >= 0.6 is 0 Å². The summed E-state index contributed by atoms with van der Waals surface area (Å²) in [5.74, 6) is 0.942. The second kappa shape index (κ2) is 8.48. The van der Waals surface area contributed by atoms with Gasteiger partial charge in [-0.25, -0.2) is 0 Å². The summed E-state index contributed by atoms with van der Waals surface area (Å²) in [6.07, 6.45) is 2.53. The summed E-state index contributed by atoms with van der Waals surface area (Å²) < 4.78 is 5.64. The smallest absolute Gasteiger partial charge is 0.119 e. The molecule has 0 aliphatic heterocycles. The molecular formula is C19H25NO. The van der Waals surface area contributed by atoms with Crippen molar-refractivity contribution in [2.75, 3.05) is 6.54 Å². The quantitative estimate of drug-likeness (QED) is 0.733. The van der Waals surface area contributed by atoms with Crippen molar-refractivity contribution >= 4 is 0 Å². The first-order valence-electron chi connectivity index (χ1n) is 7.74. The topological polar surface area (TPSA) is 21.3 Å². The molecule has 0 heterocycles. The maximum Gasteiger partial charge on any atom is 0.119 e. The van der Waals surface area contributed by atoms with Crippen molar-refractivity contribution in [2.45, 2.75) is 39.3 Å². The number of benzene rings is 2. The van der Waals surface area contributed by atoms with Crippen LogP contribution in [0.5, 0.6) is 5.75 Å². The van der Waals surface area contributed by atoms with E-state index in [2.05, 4.69) is 47.8 Å². The molecule has 2 aromatic rings. The highest BCUT2D eigenvalue weighted by Gasteiger charge is 1.98. The zero-order valence-corrected chi connectivity index (χ0v) is 13.0. The van der Waals surface area contributed by atoms with Crippen LogP contribution in [-0.2, 0) is 13.0 Å². The van der Waals surface area contributed by atoms with E-state index in [1.165, 1.54) is 17.5 Å². The van der Waals surface area contributed by atoms with Crippen LogP contribution in [-0.4, -0.2) is 12.6 Å². The van der Waals surface area contributed by atoms with Crippen molar-refractivity contribution in [1.29, 1.82) is 0 Å². The second-order valence-electron chi connectivity index (χ2n) is 5.58. The van der Waals surface area contributed by atoms with Gasteiger partial charge in [0.15, 0.2) is 0 Å². The molecule has 21 heavy (non-hydrogen) atoms. The Morgan fingerprint density at radius 2 is 1.62 bits per heavy atom. The molecule has 2 heteroatoms. The first kappa shape index (κ1) is 15.6. The Morgan fingerprint density at radius 3 is 2.29 bits per heavy atom. The van der Waals surface area contributed by atoms with Gasteiger partial charge in [-0.05, 0) is 56.5 Å². The fourth-order valence-corrected chi connectivity index (χ4v) is 2.25. The van der Waals surface area contributed by atoms with Crippen molar-refractivity contribution in [2.24, 2.45) is 0 Å². The van der Waals surface area contributed by atoms with E-state index in [9.17, 15) is 0 Å². The minimum Gasteiger partial charge on any atom is -0.491 e. The molecule has 0 atom stereocenters. The van der Waals surface area contributed by atoms with Crippen LogP contribution in [0.2, 0.25) is 0 Å². The Hall–Kier alpha value is -1.80. The predicted octanol–water partition coefficient (Wildman–Crippen LogP) is 4.20. The Kier molecular flexibility index (Phi) is 6.29. The van der Waals surface area contributed by atoms with Crippen molar-refractivity contribution < 1.29 is 4.74 Å². The molecule has 0 saturated heterocycles. The fourth-order valence-electron chi connectivity index (χ4n) is 2.25. The van der Waals surface area contributed by atoms with Gasteiger partial charge in [-0.15, -0.1) is 0 Å². The third-order valence-corrected chi connectivity index (χ3v) is 3.29. The molecule has 0 bridgehead atoms. The molecule has 0 fully saturated rings. The molecule has 0 amide bonds. The molecule has 0 unspecified atom stereocenters. The van der Waals surface area contributed by atoms with Crippen LogP contribution in [0.25, 0.3) is 0 Å². The summed E-state index contributed by atoms with van der Waals surface area (Å²) in [5.41, 5.74) is 2.71. The average molecular weight is 283 g/mol. The molecule has 0 aromatic heterocycles. The van der Waals surface area contributed by atoms with Gasteiger partial charge in [-0.2, -0.15) is 0 Å². The van der Waals surface area contributed by atoms with E-state index in [1.807, 2.05) is 26.0 Å². The molecule has 0 aliphatic rings. The van der Waals surface area contributed by atoms with Gasteiger partial charge in [0.25, 0.3) is 0 Å². The molecule has 0 saturated carbocycles. The van der Waals surface area contributed by atoms with E-state index in [-0.39, 0.29) is 6.10 Å². The number of hydrogen-bond acceptors (Lipinski definition) is 2. The van der Waals surface area contributed by atoms with Gasteiger partial charge >= 0.3 is 0 Å². The highest BCUT2D eigenvalue weighted by Crippen LogP contribution is 2.13. The van der Waals surface area contributed by atoms with E-state index in [0.717, 1.165) is 25.3 Å². The number of hydrogen-bond donors (Lipinski definition) is 1. The molecule has 0 aliphatic carbocycles. The van der Waals surface area contributed by atoms with Crippen LogP contribution in [0.3, 0.4) is 0 Å². The van der Waals surface area contributed by atoms with Crippen LogP contribution in [0, 0.1) is 0 Å². The summed E-state index contributed by atoms with van der Waals surface area (Å²) in [7, 11) is 0. The van der Waals surface area contributed by atoms with E-state index >= 15 is 0 Å². The molecular weight excluding hydrogens is 258 g/mol. The fraction of sp³-hybridized carbons (Fsp3) is 0.368. The lowest BCUT2D eigenvalue weighted by molar-refractivity contribution is 0.242. The van der Waals surface area contributed by atoms with Gasteiger partial charge < -0.3 is 10.1 Å². The maximum absolute atomic E-state index is 5.64. The lowest BCUT2D eigenvalue weighted by atomic mass is 10.1. The van der Waals surface area contributed by atoms with Gasteiger partial charge in [-0.1, -0.05) is 42.5 Å². The number of ether oxygens (including phenoxy) is 1. The van der Waals surface area contributed by atoms with Crippen molar-refractivity contribution in [3.8, 4) is 5.75 Å². The molecule has 2 rings (SSSR count). The van der Waals surface area contributed by atoms with Crippen molar-refractivity contribution in [1.82, 2.24) is 5.32 Å². The summed E-state index contributed by atoms with van der Waals surface area (Å²) in [6.45, 7) is 6.04. The first-order chi connectivity index (χ1) is 10.2. The van der Waals surface area contributed by atoms with Crippen LogP contribution in [0.4, 0.5) is 0 Å². The molecule has 0 spiro atoms. The normalized spacial score (nSPS) is 10.8. The third kappa shape index (κ3) is 6.01. The second-order valence-corrected chi connectivity index (χ2v) is 5.58. The third-order valence-electron chi connectivity index (χ3n) is 3.29. The first-order valence-corrected chi connectivity index (χ1v) is 7.74. The Balaban J connectivity index is 1.64. The van der Waals surface area contributed by atoms with Crippen LogP contribution < -0.4 is 10.1 Å². The van der Waals surface area contributed by atoms with Gasteiger partial charge in [0.2, 0.25) is 0 Å². The van der Waals surface area contributed by atoms with Gasteiger partial charge in [-0.3, -0.25) is 0 Å². The highest BCUT2D eigenvalue weighted by atomic mass is 16.5. The SMILES string of the molecule is CC(C)Oc1ccc(CNCCCc2ccccc2)cc1. The van der Waals surface area contributed by atoms with E-state index < -0.39 is 0 Å². The van der Waals surface area contributed by atoms with Gasteiger partial charge in [0, 0.05) is 6.54 Å². The predicted molar refractivity (Wildman–Crippen MR) is 88.7 cm³/mol. The maximum atomic E-state index is 5.64. The monoisotopic (exact) mass is 283 g/mol. The minimum atomic E-state index is 0.229. The molecule has 0 radical (unpaired) electrons. The van der Waals surface area contributed by atoms with Crippen molar-refractivity contribution in [3.63, 3.8) is 0 Å². The molecule has 112 valence electrons. The Bertz CT molecular complexity index is 505. The van der Waals surface area contributed by atoms with E-state index in [0.29, 0.717) is 0 Å². The molecule has 2 nitrogen and oxygen atoms in total. The highest BCUT2D eigenvalue weighted by molar-refractivity contribution is 5.27. The number of aryl methyl sites for hydroxylation is 1. The van der Waals surface area contributed by atoms with Gasteiger partial charge in [0.1, 0.15) is 5.75 Å². The largest absolute Gasteiger partial charge is 0.491 e.